The molecule has 1 heterocycles. The summed E-state index contributed by atoms with van der Waals surface area (Å²) in [7, 11) is 0. The van der Waals surface area contributed by atoms with E-state index in [1.54, 1.807) is 0 Å². The molecule has 0 atom stereocenters. The molecular weight excluding hydrogens is 314 g/mol. The van der Waals surface area contributed by atoms with Crippen molar-refractivity contribution >= 4 is 11.4 Å². The molecule has 0 aliphatic heterocycles. The molecule has 0 fully saturated rings. The summed E-state index contributed by atoms with van der Waals surface area (Å²) in [5.41, 5.74) is 1.23. The van der Waals surface area contributed by atoms with Crippen LogP contribution in [-0.4, -0.2) is 25.0 Å². The van der Waals surface area contributed by atoms with Gasteiger partial charge in [-0.15, -0.1) is 0 Å². The Labute approximate surface area is 135 Å². The predicted molar refractivity (Wildman–Crippen MR) is 85.3 cm³/mol. The molecule has 0 amide bonds. The topological polar surface area (TPSA) is 128 Å². The molecule has 0 saturated heterocycles. The van der Waals surface area contributed by atoms with Gasteiger partial charge < -0.3 is 0 Å². The Morgan fingerprint density at radius 2 is 1.62 bits per heavy atom. The summed E-state index contributed by atoms with van der Waals surface area (Å²) in [6.45, 7) is 1.91. The highest BCUT2D eigenvalue weighted by Crippen LogP contribution is 2.29. The third kappa shape index (κ3) is 2.82. The number of benzene rings is 2. The lowest BCUT2D eigenvalue weighted by Crippen LogP contribution is -1.94. The molecule has 2 aromatic carbocycles. The summed E-state index contributed by atoms with van der Waals surface area (Å²) in [6.07, 6.45) is 0. The lowest BCUT2D eigenvalue weighted by molar-refractivity contribution is -0.394. The van der Waals surface area contributed by atoms with Crippen molar-refractivity contribution in [3.63, 3.8) is 0 Å². The first-order valence-corrected chi connectivity index (χ1v) is 6.88. The number of nitro groups is 2. The van der Waals surface area contributed by atoms with Crippen molar-refractivity contribution in [2.24, 2.45) is 0 Å². The van der Waals surface area contributed by atoms with Crippen LogP contribution in [0.3, 0.4) is 0 Å². The van der Waals surface area contributed by atoms with Gasteiger partial charge in [0.1, 0.15) is 0 Å². The molecule has 1 aromatic heterocycles. The number of nitrogens with one attached hydrogen (secondary N) is 1. The lowest BCUT2D eigenvalue weighted by atomic mass is 10.1. The molecule has 0 spiro atoms. The van der Waals surface area contributed by atoms with E-state index in [0.29, 0.717) is 5.82 Å². The standard InChI is InChI=1S/C15H11N5O4/c1-9-4-2-3-5-13(9)15-16-14(17-18-15)10-6-11(19(21)22)8-12(7-10)20(23)24/h2-8H,1H3,(H,16,17,18). The predicted octanol–water partition coefficient (Wildman–Crippen LogP) is 3.26. The van der Waals surface area contributed by atoms with Gasteiger partial charge in [-0.25, -0.2) is 4.98 Å². The molecule has 120 valence electrons. The zero-order valence-electron chi connectivity index (χ0n) is 12.5. The van der Waals surface area contributed by atoms with Gasteiger partial charge in [-0.2, -0.15) is 5.10 Å². The molecule has 9 nitrogen and oxygen atoms in total. The van der Waals surface area contributed by atoms with E-state index in [-0.39, 0.29) is 22.8 Å². The fourth-order valence-corrected chi connectivity index (χ4v) is 2.29. The van der Waals surface area contributed by atoms with Gasteiger partial charge in [-0.1, -0.05) is 24.3 Å². The third-order valence-corrected chi connectivity index (χ3v) is 3.47. The molecule has 0 aliphatic carbocycles. The number of aromatic nitrogens is 3. The van der Waals surface area contributed by atoms with E-state index in [4.69, 9.17) is 0 Å². The summed E-state index contributed by atoms with van der Waals surface area (Å²) < 4.78 is 0. The zero-order valence-corrected chi connectivity index (χ0v) is 12.5. The highest BCUT2D eigenvalue weighted by atomic mass is 16.6. The van der Waals surface area contributed by atoms with E-state index in [2.05, 4.69) is 15.2 Å². The van der Waals surface area contributed by atoms with Crippen molar-refractivity contribution in [2.75, 3.05) is 0 Å². The largest absolute Gasteiger partial charge is 0.277 e. The summed E-state index contributed by atoms with van der Waals surface area (Å²) >= 11 is 0. The molecular formula is C15H11N5O4. The molecule has 0 bridgehead atoms. The average molecular weight is 325 g/mol. The Hall–Kier alpha value is -3.62. The van der Waals surface area contributed by atoms with Gasteiger partial charge in [0.15, 0.2) is 11.6 Å². The minimum absolute atomic E-state index is 0.153. The maximum Gasteiger partial charge on any atom is 0.277 e. The SMILES string of the molecule is Cc1ccccc1-c1nc(-c2cc([N+](=O)[O-])cc([N+](=O)[O-])c2)n[nH]1. The van der Waals surface area contributed by atoms with Crippen LogP contribution in [0.4, 0.5) is 11.4 Å². The van der Waals surface area contributed by atoms with E-state index < -0.39 is 9.85 Å². The molecule has 3 rings (SSSR count). The van der Waals surface area contributed by atoms with E-state index in [1.165, 1.54) is 12.1 Å². The summed E-state index contributed by atoms with van der Waals surface area (Å²) in [4.78, 5) is 24.9. The van der Waals surface area contributed by atoms with Gasteiger partial charge in [0.2, 0.25) is 0 Å². The van der Waals surface area contributed by atoms with Gasteiger partial charge in [-0.3, -0.25) is 25.3 Å². The number of hydrogen-bond donors (Lipinski definition) is 1. The molecule has 24 heavy (non-hydrogen) atoms. The summed E-state index contributed by atoms with van der Waals surface area (Å²) in [5.74, 6) is 0.636. The first-order chi connectivity index (χ1) is 11.5. The van der Waals surface area contributed by atoms with E-state index in [0.717, 1.165) is 17.2 Å². The maximum atomic E-state index is 11.0. The van der Waals surface area contributed by atoms with Gasteiger partial charge >= 0.3 is 0 Å². The highest BCUT2D eigenvalue weighted by Gasteiger charge is 2.19. The fraction of sp³-hybridized carbons (Fsp3) is 0.0667. The van der Waals surface area contributed by atoms with Crippen molar-refractivity contribution < 1.29 is 9.85 Å². The number of nitro benzene ring substituents is 2. The monoisotopic (exact) mass is 325 g/mol. The van der Waals surface area contributed by atoms with Crippen molar-refractivity contribution in [3.05, 3.63) is 68.3 Å². The minimum atomic E-state index is -0.689. The molecule has 0 radical (unpaired) electrons. The van der Waals surface area contributed by atoms with Crippen LogP contribution in [0.15, 0.2) is 42.5 Å². The second-order valence-corrected chi connectivity index (χ2v) is 5.07. The Kier molecular flexibility index (Phi) is 3.74. The number of aromatic amines is 1. The first kappa shape index (κ1) is 15.3. The first-order valence-electron chi connectivity index (χ1n) is 6.88. The van der Waals surface area contributed by atoms with E-state index in [1.807, 2.05) is 31.2 Å². The van der Waals surface area contributed by atoms with Crippen LogP contribution < -0.4 is 0 Å². The summed E-state index contributed by atoms with van der Waals surface area (Å²) in [5, 5.41) is 28.7. The van der Waals surface area contributed by atoms with Crippen molar-refractivity contribution in [2.45, 2.75) is 6.92 Å². The average Bonchev–Trinajstić information content (AvgIpc) is 3.04. The second kappa shape index (κ2) is 5.88. The van der Waals surface area contributed by atoms with Crippen LogP contribution in [0.25, 0.3) is 22.8 Å². The normalized spacial score (nSPS) is 10.5. The Balaban J connectivity index is 2.09. The molecule has 0 unspecified atom stereocenters. The van der Waals surface area contributed by atoms with Crippen molar-refractivity contribution in [3.8, 4) is 22.8 Å². The number of aryl methyl sites for hydroxylation is 1. The molecule has 0 aliphatic rings. The molecule has 3 aromatic rings. The van der Waals surface area contributed by atoms with E-state index in [9.17, 15) is 20.2 Å². The van der Waals surface area contributed by atoms with Crippen LogP contribution in [0.2, 0.25) is 0 Å². The maximum absolute atomic E-state index is 11.0. The van der Waals surface area contributed by atoms with Crippen LogP contribution in [0.5, 0.6) is 0 Å². The van der Waals surface area contributed by atoms with Gasteiger partial charge in [0, 0.05) is 23.3 Å². The minimum Gasteiger partial charge on any atom is -0.259 e. The van der Waals surface area contributed by atoms with Crippen LogP contribution in [0.1, 0.15) is 5.56 Å². The molecule has 0 saturated carbocycles. The fourth-order valence-electron chi connectivity index (χ4n) is 2.29. The number of nitrogens with zero attached hydrogens (tertiary/aromatic N) is 4. The van der Waals surface area contributed by atoms with Gasteiger partial charge in [0.25, 0.3) is 11.4 Å². The van der Waals surface area contributed by atoms with Crippen LogP contribution in [-0.2, 0) is 0 Å². The van der Waals surface area contributed by atoms with Gasteiger partial charge in [0.05, 0.1) is 15.9 Å². The number of H-pyrrole nitrogens is 1. The Morgan fingerprint density at radius 3 is 2.21 bits per heavy atom. The lowest BCUT2D eigenvalue weighted by Gasteiger charge is -2.00. The molecule has 9 heteroatoms. The second-order valence-electron chi connectivity index (χ2n) is 5.07. The summed E-state index contributed by atoms with van der Waals surface area (Å²) in [6, 6.07) is 10.8. The van der Waals surface area contributed by atoms with E-state index >= 15 is 0 Å². The number of rotatable bonds is 4. The van der Waals surface area contributed by atoms with Crippen LogP contribution >= 0.6 is 0 Å². The van der Waals surface area contributed by atoms with Crippen molar-refractivity contribution in [1.29, 1.82) is 0 Å². The third-order valence-electron chi connectivity index (χ3n) is 3.47. The Bertz CT molecular complexity index is 918. The number of non-ortho nitro benzene ring substituents is 2. The zero-order chi connectivity index (χ0) is 17.3. The quantitative estimate of drug-likeness (QED) is 0.579. The van der Waals surface area contributed by atoms with Crippen molar-refractivity contribution in [1.82, 2.24) is 15.2 Å². The highest BCUT2D eigenvalue weighted by molar-refractivity contribution is 5.67. The van der Waals surface area contributed by atoms with Crippen LogP contribution in [0, 0.1) is 27.2 Å². The molecule has 1 N–H and O–H groups in total. The number of hydrogen-bond acceptors (Lipinski definition) is 6. The van der Waals surface area contributed by atoms with Gasteiger partial charge in [-0.05, 0) is 12.5 Å². The smallest absolute Gasteiger partial charge is 0.259 e. The Morgan fingerprint density at radius 1 is 1.00 bits per heavy atom.